The number of hydrogen-bond acceptors (Lipinski definition) is 8. The van der Waals surface area contributed by atoms with Crippen molar-refractivity contribution >= 4 is 27.2 Å². The molecule has 8 heteroatoms. The van der Waals surface area contributed by atoms with Gasteiger partial charge in [0.1, 0.15) is 30.5 Å². The van der Waals surface area contributed by atoms with Crippen molar-refractivity contribution in [3.8, 4) is 27.7 Å². The minimum atomic E-state index is -0.0328. The van der Waals surface area contributed by atoms with E-state index in [0.717, 1.165) is 94.5 Å². The first-order chi connectivity index (χ1) is 24.1. The second-order valence-corrected chi connectivity index (χ2v) is 14.0. The summed E-state index contributed by atoms with van der Waals surface area (Å²) < 4.78 is 19.1. The summed E-state index contributed by atoms with van der Waals surface area (Å²) in [6, 6.07) is 30.3. The molecule has 0 spiro atoms. The van der Waals surface area contributed by atoms with E-state index in [4.69, 9.17) is 14.2 Å². The maximum absolute atomic E-state index is 14.5. The van der Waals surface area contributed by atoms with Gasteiger partial charge in [0.15, 0.2) is 5.78 Å². The molecular formula is C41H44N2O5S. The molecule has 2 fully saturated rings. The van der Waals surface area contributed by atoms with Gasteiger partial charge < -0.3 is 19.3 Å². The van der Waals surface area contributed by atoms with E-state index in [0.29, 0.717) is 24.3 Å². The van der Waals surface area contributed by atoms with Crippen molar-refractivity contribution in [1.82, 2.24) is 9.80 Å². The highest BCUT2D eigenvalue weighted by Crippen LogP contribution is 2.42. The molecule has 0 saturated carbocycles. The van der Waals surface area contributed by atoms with Crippen molar-refractivity contribution in [2.45, 2.75) is 44.9 Å². The van der Waals surface area contributed by atoms with Crippen molar-refractivity contribution in [2.24, 2.45) is 0 Å². The number of benzene rings is 4. The van der Waals surface area contributed by atoms with Gasteiger partial charge in [-0.1, -0.05) is 42.5 Å². The van der Waals surface area contributed by atoms with Crippen LogP contribution in [0.5, 0.6) is 17.2 Å². The average Bonchev–Trinajstić information content (AvgIpc) is 3.92. The number of ketones is 1. The van der Waals surface area contributed by atoms with Crippen LogP contribution in [-0.2, 0) is 13.2 Å². The molecule has 2 aliphatic heterocycles. The van der Waals surface area contributed by atoms with Crippen LogP contribution in [0, 0.1) is 0 Å². The largest absolute Gasteiger partial charge is 0.496 e. The highest BCUT2D eigenvalue weighted by molar-refractivity contribution is 7.22. The van der Waals surface area contributed by atoms with Gasteiger partial charge in [-0.2, -0.15) is 0 Å². The number of ether oxygens (including phenoxy) is 3. The lowest BCUT2D eigenvalue weighted by molar-refractivity contribution is 0.104. The quantitative estimate of drug-likeness (QED) is 0.120. The Hall–Kier alpha value is -4.21. The number of hydrogen-bond donors (Lipinski definition) is 1. The maximum atomic E-state index is 14.5. The fraction of sp³-hybridized carbons (Fsp3) is 0.341. The van der Waals surface area contributed by atoms with Gasteiger partial charge in [0.05, 0.1) is 13.7 Å². The zero-order chi connectivity index (χ0) is 33.6. The minimum absolute atomic E-state index is 0.0328. The van der Waals surface area contributed by atoms with E-state index < -0.39 is 0 Å². The molecule has 2 saturated heterocycles. The van der Waals surface area contributed by atoms with E-state index in [1.54, 1.807) is 18.4 Å². The molecule has 5 aromatic rings. The van der Waals surface area contributed by atoms with Gasteiger partial charge in [0.25, 0.3) is 0 Å². The van der Waals surface area contributed by atoms with Crippen molar-refractivity contribution in [2.75, 3.05) is 46.5 Å². The van der Waals surface area contributed by atoms with Crippen LogP contribution in [-0.4, -0.2) is 73.2 Å². The zero-order valence-corrected chi connectivity index (χ0v) is 28.9. The molecule has 1 atom stereocenters. The number of fused-ring (bicyclic) bond motifs is 1. The Bertz CT molecular complexity index is 1870. The lowest BCUT2D eigenvalue weighted by atomic mass is 9.96. The molecule has 3 heterocycles. The third-order valence-electron chi connectivity index (χ3n) is 9.75. The number of thiophene rings is 1. The van der Waals surface area contributed by atoms with Crippen LogP contribution >= 0.6 is 11.3 Å². The second-order valence-electron chi connectivity index (χ2n) is 13.0. The Kier molecular flexibility index (Phi) is 10.6. The van der Waals surface area contributed by atoms with E-state index in [1.165, 1.54) is 12.8 Å². The summed E-state index contributed by atoms with van der Waals surface area (Å²) in [7, 11) is 1.68. The van der Waals surface area contributed by atoms with Crippen molar-refractivity contribution < 1.29 is 24.1 Å². The van der Waals surface area contributed by atoms with Gasteiger partial charge in [0.2, 0.25) is 0 Å². The van der Waals surface area contributed by atoms with E-state index in [9.17, 15) is 9.90 Å². The Balaban J connectivity index is 1.17. The summed E-state index contributed by atoms with van der Waals surface area (Å²) in [4.78, 5) is 20.1. The Labute approximate surface area is 292 Å². The van der Waals surface area contributed by atoms with Crippen LogP contribution in [0.1, 0.15) is 52.7 Å². The number of rotatable bonds is 14. The topological polar surface area (TPSA) is 71.5 Å². The number of nitrogens with zero attached hydrogens (tertiary/aromatic N) is 2. The summed E-state index contributed by atoms with van der Waals surface area (Å²) in [5.74, 6) is 2.26. The van der Waals surface area contributed by atoms with Crippen molar-refractivity contribution in [3.63, 3.8) is 0 Å². The molecule has 7 rings (SSSR count). The van der Waals surface area contributed by atoms with Gasteiger partial charge in [-0.3, -0.25) is 14.6 Å². The van der Waals surface area contributed by atoms with Gasteiger partial charge in [-0.25, -0.2) is 0 Å². The van der Waals surface area contributed by atoms with Crippen molar-refractivity contribution in [3.05, 3.63) is 113 Å². The smallest absolute Gasteiger partial charge is 0.195 e. The fourth-order valence-electron chi connectivity index (χ4n) is 7.06. The highest BCUT2D eigenvalue weighted by atomic mass is 32.1. The fourth-order valence-corrected chi connectivity index (χ4v) is 8.29. The molecular weight excluding hydrogens is 633 g/mol. The van der Waals surface area contributed by atoms with E-state index in [-0.39, 0.29) is 18.4 Å². The summed E-state index contributed by atoms with van der Waals surface area (Å²) in [6.07, 6.45) is 4.61. The summed E-state index contributed by atoms with van der Waals surface area (Å²) in [5, 5.41) is 10.5. The molecule has 7 nitrogen and oxygen atoms in total. The van der Waals surface area contributed by atoms with Gasteiger partial charge >= 0.3 is 0 Å². The number of likely N-dealkylation sites (tertiary alicyclic amines) is 2. The Morgan fingerprint density at radius 1 is 0.878 bits per heavy atom. The molecule has 1 N–H and O–H groups in total. The van der Waals surface area contributed by atoms with E-state index in [2.05, 4.69) is 21.9 Å². The molecule has 1 aromatic heterocycles. The number of aliphatic hydroxyl groups is 1. The number of aliphatic hydroxyl groups excluding tert-OH is 1. The van der Waals surface area contributed by atoms with Gasteiger partial charge in [-0.15, -0.1) is 11.3 Å². The molecule has 0 amide bonds. The normalized spacial score (nSPS) is 16.7. The summed E-state index contributed by atoms with van der Waals surface area (Å²) in [6.45, 7) is 6.03. The standard InChI is InChI=1S/C41H44N2O5S/c1-46-37-24-31(11-12-32(37)26-42-19-5-6-20-42)40(45)39-36-18-17-35(48-28-29-8-3-2-4-9-29)25-38(36)49-41(39)30-13-15-34(16-14-30)47-23-22-43-21-7-10-33(43)27-44/h2-4,8-9,11-18,24-25,33,44H,5-7,10,19-23,26-28H2,1H3/t33-/m0/s1. The molecule has 254 valence electrons. The monoisotopic (exact) mass is 676 g/mol. The van der Waals surface area contributed by atoms with Crippen LogP contribution in [0.15, 0.2) is 91.0 Å². The third-order valence-corrected chi connectivity index (χ3v) is 11.0. The summed E-state index contributed by atoms with van der Waals surface area (Å²) >= 11 is 1.60. The van der Waals surface area contributed by atoms with Gasteiger partial charge in [0, 0.05) is 50.8 Å². The SMILES string of the molecule is COc1cc(C(=O)c2c(-c3ccc(OCCN4CCC[C@H]4CO)cc3)sc3cc(OCc4ccccc4)ccc23)ccc1CN1CCCC1. The molecule has 4 aromatic carbocycles. The molecule has 0 radical (unpaired) electrons. The molecule has 0 bridgehead atoms. The number of carbonyl (C=O) groups is 1. The number of carbonyl (C=O) groups excluding carboxylic acids is 1. The van der Waals surface area contributed by atoms with E-state index >= 15 is 0 Å². The van der Waals surface area contributed by atoms with E-state index in [1.807, 2.05) is 78.9 Å². The van der Waals surface area contributed by atoms with Crippen LogP contribution in [0.2, 0.25) is 0 Å². The Morgan fingerprint density at radius 2 is 1.67 bits per heavy atom. The van der Waals surface area contributed by atoms with Crippen molar-refractivity contribution in [1.29, 1.82) is 0 Å². The van der Waals surface area contributed by atoms with Crippen LogP contribution in [0.25, 0.3) is 20.5 Å². The zero-order valence-electron chi connectivity index (χ0n) is 28.1. The second kappa shape index (κ2) is 15.6. The third kappa shape index (κ3) is 7.68. The van der Waals surface area contributed by atoms with Crippen LogP contribution in [0.4, 0.5) is 0 Å². The summed E-state index contributed by atoms with van der Waals surface area (Å²) in [5.41, 5.74) is 4.45. The number of methoxy groups -OCH3 is 1. The molecule has 49 heavy (non-hydrogen) atoms. The maximum Gasteiger partial charge on any atom is 0.195 e. The first-order valence-electron chi connectivity index (χ1n) is 17.3. The Morgan fingerprint density at radius 3 is 2.45 bits per heavy atom. The predicted molar refractivity (Wildman–Crippen MR) is 196 cm³/mol. The highest BCUT2D eigenvalue weighted by Gasteiger charge is 2.25. The molecule has 0 aliphatic carbocycles. The molecule has 0 unspecified atom stereocenters. The van der Waals surface area contributed by atoms with Crippen LogP contribution < -0.4 is 14.2 Å². The molecule has 2 aliphatic rings. The average molecular weight is 677 g/mol. The predicted octanol–water partition coefficient (Wildman–Crippen LogP) is 7.82. The van der Waals surface area contributed by atoms with Crippen LogP contribution in [0.3, 0.4) is 0 Å². The first-order valence-corrected chi connectivity index (χ1v) is 18.2. The van der Waals surface area contributed by atoms with Gasteiger partial charge in [-0.05, 0) is 105 Å². The first kappa shape index (κ1) is 33.3. The lowest BCUT2D eigenvalue weighted by Gasteiger charge is -2.22. The lowest BCUT2D eigenvalue weighted by Crippen LogP contribution is -2.35. The minimum Gasteiger partial charge on any atom is -0.496 e.